The summed E-state index contributed by atoms with van der Waals surface area (Å²) in [6.07, 6.45) is 2.08. The summed E-state index contributed by atoms with van der Waals surface area (Å²) in [4.78, 5) is 8.69. The number of rotatable bonds is 4. The number of para-hydroxylation sites is 1. The zero-order valence-corrected chi connectivity index (χ0v) is 12.1. The van der Waals surface area contributed by atoms with Crippen molar-refractivity contribution in [3.8, 4) is 0 Å². The molecule has 0 fully saturated rings. The Kier molecular flexibility index (Phi) is 3.44. The number of alkyl halides is 1. The van der Waals surface area contributed by atoms with E-state index in [9.17, 15) is 0 Å². The van der Waals surface area contributed by atoms with Gasteiger partial charge < -0.3 is 9.09 Å². The van der Waals surface area contributed by atoms with Gasteiger partial charge in [-0.3, -0.25) is 0 Å². The molecule has 3 aromatic rings. The van der Waals surface area contributed by atoms with E-state index in [1.807, 2.05) is 19.1 Å². The van der Waals surface area contributed by atoms with Crippen LogP contribution in [0.1, 0.15) is 29.6 Å². The number of benzene rings is 1. The number of aromatic nitrogens is 4. The molecule has 20 heavy (non-hydrogen) atoms. The molecule has 104 valence electrons. The lowest BCUT2D eigenvalue weighted by atomic mass is 10.2. The lowest BCUT2D eigenvalue weighted by Gasteiger charge is -2.10. The Bertz CT molecular complexity index is 718. The van der Waals surface area contributed by atoms with Crippen molar-refractivity contribution in [2.75, 3.05) is 0 Å². The van der Waals surface area contributed by atoms with Crippen molar-refractivity contribution in [1.29, 1.82) is 0 Å². The highest BCUT2D eigenvalue weighted by molar-refractivity contribution is 6.20. The Morgan fingerprint density at radius 1 is 1.40 bits per heavy atom. The third-order valence-corrected chi connectivity index (χ3v) is 3.51. The van der Waals surface area contributed by atoms with E-state index in [1.54, 1.807) is 0 Å². The molecule has 0 saturated carbocycles. The second kappa shape index (κ2) is 5.25. The van der Waals surface area contributed by atoms with Crippen molar-refractivity contribution in [3.63, 3.8) is 0 Å². The molecule has 0 aliphatic rings. The monoisotopic (exact) mass is 290 g/mol. The van der Waals surface area contributed by atoms with Crippen molar-refractivity contribution in [2.24, 2.45) is 0 Å². The summed E-state index contributed by atoms with van der Waals surface area (Å²) in [7, 11) is 0. The van der Waals surface area contributed by atoms with Crippen LogP contribution in [0, 0.1) is 6.92 Å². The van der Waals surface area contributed by atoms with Crippen LogP contribution in [0.4, 0.5) is 0 Å². The number of hydrogen-bond donors (Lipinski definition) is 0. The number of hydrogen-bond acceptors (Lipinski definition) is 4. The van der Waals surface area contributed by atoms with E-state index in [0.717, 1.165) is 23.4 Å². The number of halogens is 1. The van der Waals surface area contributed by atoms with Gasteiger partial charge in [0.2, 0.25) is 5.89 Å². The smallest absolute Gasteiger partial charge is 0.228 e. The molecule has 2 heterocycles. The molecule has 0 bridgehead atoms. The molecule has 1 unspecified atom stereocenters. The Morgan fingerprint density at radius 2 is 2.25 bits per heavy atom. The van der Waals surface area contributed by atoms with Crippen LogP contribution in [0.15, 0.2) is 29.0 Å². The second-order valence-corrected chi connectivity index (χ2v) is 5.42. The minimum absolute atomic E-state index is 0.149. The van der Waals surface area contributed by atoms with Crippen molar-refractivity contribution in [2.45, 2.75) is 32.2 Å². The minimum atomic E-state index is -0.149. The summed E-state index contributed by atoms with van der Waals surface area (Å²) in [5.41, 5.74) is 3.27. The first kappa shape index (κ1) is 13.1. The van der Waals surface area contributed by atoms with Gasteiger partial charge in [0.1, 0.15) is 5.82 Å². The van der Waals surface area contributed by atoms with E-state index in [1.165, 1.54) is 11.9 Å². The molecular formula is C14H15ClN4O. The predicted molar refractivity (Wildman–Crippen MR) is 76.7 cm³/mol. The summed E-state index contributed by atoms with van der Waals surface area (Å²) in [5, 5.41) is 3.47. The van der Waals surface area contributed by atoms with E-state index < -0.39 is 0 Å². The molecule has 3 rings (SSSR count). The fraction of sp³-hybridized carbons (Fsp3) is 0.357. The van der Waals surface area contributed by atoms with Crippen molar-refractivity contribution >= 4 is 22.6 Å². The Hall–Kier alpha value is -1.88. The topological polar surface area (TPSA) is 56.7 Å². The molecular weight excluding hydrogens is 276 g/mol. The lowest BCUT2D eigenvalue weighted by molar-refractivity contribution is 0.370. The summed E-state index contributed by atoms with van der Waals surface area (Å²) >= 11 is 6.26. The van der Waals surface area contributed by atoms with Crippen LogP contribution in [0.3, 0.4) is 0 Å². The standard InChI is InChI=1S/C14H15ClN4O/c1-9-4-3-5-11-13(9)19(14(18-11)10(2)15)7-6-12-16-8-17-20-12/h3-5,8,10H,6-7H2,1-2H3. The van der Waals surface area contributed by atoms with Crippen LogP contribution >= 0.6 is 11.6 Å². The van der Waals surface area contributed by atoms with Gasteiger partial charge in [0, 0.05) is 13.0 Å². The quantitative estimate of drug-likeness (QED) is 0.692. The van der Waals surface area contributed by atoms with Crippen LogP contribution < -0.4 is 0 Å². The van der Waals surface area contributed by atoms with Gasteiger partial charge in [-0.25, -0.2) is 4.98 Å². The third-order valence-electron chi connectivity index (χ3n) is 3.31. The Morgan fingerprint density at radius 3 is 2.95 bits per heavy atom. The SMILES string of the molecule is Cc1cccc2nc(C(C)Cl)n(CCc3ncno3)c12. The molecule has 2 aromatic heterocycles. The molecule has 0 aliphatic carbocycles. The molecule has 1 atom stereocenters. The molecule has 0 spiro atoms. The lowest BCUT2D eigenvalue weighted by Crippen LogP contribution is -2.07. The van der Waals surface area contributed by atoms with E-state index in [0.29, 0.717) is 12.3 Å². The normalized spacial score (nSPS) is 12.9. The highest BCUT2D eigenvalue weighted by Gasteiger charge is 2.16. The average molecular weight is 291 g/mol. The fourth-order valence-corrected chi connectivity index (χ4v) is 2.59. The van der Waals surface area contributed by atoms with Crippen LogP contribution in [0.2, 0.25) is 0 Å². The van der Waals surface area contributed by atoms with Crippen molar-refractivity contribution in [3.05, 3.63) is 41.8 Å². The Balaban J connectivity index is 2.04. The van der Waals surface area contributed by atoms with Gasteiger partial charge >= 0.3 is 0 Å². The average Bonchev–Trinajstić information content (AvgIpc) is 3.03. The summed E-state index contributed by atoms with van der Waals surface area (Å²) < 4.78 is 7.19. The summed E-state index contributed by atoms with van der Waals surface area (Å²) in [5.74, 6) is 1.49. The maximum Gasteiger partial charge on any atom is 0.228 e. The van der Waals surface area contributed by atoms with Gasteiger partial charge in [-0.1, -0.05) is 17.3 Å². The first-order chi connectivity index (χ1) is 9.66. The largest absolute Gasteiger partial charge is 0.340 e. The summed E-state index contributed by atoms with van der Waals surface area (Å²) in [6, 6.07) is 6.10. The first-order valence-corrected chi connectivity index (χ1v) is 6.96. The number of aryl methyl sites for hydroxylation is 3. The second-order valence-electron chi connectivity index (χ2n) is 4.77. The molecule has 0 N–H and O–H groups in total. The van der Waals surface area contributed by atoms with Gasteiger partial charge in [0.25, 0.3) is 0 Å². The van der Waals surface area contributed by atoms with E-state index in [2.05, 4.69) is 32.7 Å². The molecule has 0 aliphatic heterocycles. The van der Waals surface area contributed by atoms with Crippen LogP contribution in [-0.4, -0.2) is 19.7 Å². The summed E-state index contributed by atoms with van der Waals surface area (Å²) in [6.45, 7) is 4.73. The molecule has 1 aromatic carbocycles. The minimum Gasteiger partial charge on any atom is -0.340 e. The first-order valence-electron chi connectivity index (χ1n) is 6.52. The Labute approximate surface area is 121 Å². The zero-order chi connectivity index (χ0) is 14.1. The zero-order valence-electron chi connectivity index (χ0n) is 11.4. The molecule has 0 radical (unpaired) electrons. The van der Waals surface area contributed by atoms with Crippen molar-refractivity contribution in [1.82, 2.24) is 19.7 Å². The maximum atomic E-state index is 6.26. The van der Waals surface area contributed by atoms with Crippen LogP contribution in [0.25, 0.3) is 11.0 Å². The molecule has 0 amide bonds. The molecule has 0 saturated heterocycles. The number of fused-ring (bicyclic) bond motifs is 1. The van der Waals surface area contributed by atoms with Crippen LogP contribution in [-0.2, 0) is 13.0 Å². The van der Waals surface area contributed by atoms with Gasteiger partial charge in [-0.05, 0) is 25.5 Å². The van der Waals surface area contributed by atoms with Gasteiger partial charge in [0.15, 0.2) is 6.33 Å². The molecule has 5 nitrogen and oxygen atoms in total. The van der Waals surface area contributed by atoms with E-state index in [4.69, 9.17) is 16.1 Å². The van der Waals surface area contributed by atoms with Crippen LogP contribution in [0.5, 0.6) is 0 Å². The van der Waals surface area contributed by atoms with Crippen molar-refractivity contribution < 1.29 is 4.52 Å². The fourth-order valence-electron chi connectivity index (χ4n) is 2.43. The predicted octanol–water partition coefficient (Wildman–Crippen LogP) is 3.27. The van der Waals surface area contributed by atoms with E-state index in [-0.39, 0.29) is 5.38 Å². The number of nitrogens with zero attached hydrogens (tertiary/aromatic N) is 4. The number of imidazole rings is 1. The van der Waals surface area contributed by atoms with Gasteiger partial charge in [-0.15, -0.1) is 11.6 Å². The molecule has 6 heteroatoms. The van der Waals surface area contributed by atoms with Gasteiger partial charge in [-0.2, -0.15) is 4.98 Å². The van der Waals surface area contributed by atoms with Gasteiger partial charge in [0.05, 0.1) is 16.4 Å². The highest BCUT2D eigenvalue weighted by atomic mass is 35.5. The van der Waals surface area contributed by atoms with E-state index >= 15 is 0 Å². The maximum absolute atomic E-state index is 6.26. The third kappa shape index (κ3) is 2.29. The highest BCUT2D eigenvalue weighted by Crippen LogP contribution is 2.26.